The van der Waals surface area contributed by atoms with E-state index < -0.39 is 24.4 Å². The van der Waals surface area contributed by atoms with Crippen molar-refractivity contribution in [2.75, 3.05) is 113 Å². The van der Waals surface area contributed by atoms with Crippen LogP contribution < -0.4 is 33.2 Å². The number of β-amino-alcohol motifs (C(OH)–C–C–N with tert-alkyl or cyclic N) is 4. The molecule has 11 aromatic rings. The number of fused-ring (bicyclic) bond motifs is 4. The molecule has 0 spiro atoms. The highest BCUT2D eigenvalue weighted by molar-refractivity contribution is 5.94. The van der Waals surface area contributed by atoms with Crippen molar-refractivity contribution in [3.8, 4) is 62.8 Å². The highest BCUT2D eigenvalue weighted by atomic mass is 16.5. The number of aryl methyl sites for hydroxylation is 2. The monoisotopic (exact) mass is 1780 g/mol. The predicted octanol–water partition coefficient (Wildman–Crippen LogP) is 17.8. The third-order valence-electron chi connectivity index (χ3n) is 26.9. The molecule has 7 aliphatic rings. The lowest BCUT2D eigenvalue weighted by Gasteiger charge is -2.31. The summed E-state index contributed by atoms with van der Waals surface area (Å²) in [6.07, 6.45) is 23.9. The van der Waals surface area contributed by atoms with Gasteiger partial charge in [-0.25, -0.2) is 0 Å². The lowest BCUT2D eigenvalue weighted by atomic mass is 9.98. The lowest BCUT2D eigenvalue weighted by molar-refractivity contribution is 0.0633. The second kappa shape index (κ2) is 48.0. The second-order valence-electron chi connectivity index (χ2n) is 37.0. The summed E-state index contributed by atoms with van der Waals surface area (Å²) in [6.45, 7) is 17.3. The Morgan fingerprint density at radius 2 is 0.847 bits per heavy atom. The number of methoxy groups -OCH3 is 3. The van der Waals surface area contributed by atoms with E-state index in [1.807, 2.05) is 124 Å². The number of hydrogen-bond acceptors (Lipinski definition) is 18. The molecule has 18 rings (SSSR count). The van der Waals surface area contributed by atoms with Crippen LogP contribution in [0.1, 0.15) is 168 Å². The molecule has 1 saturated heterocycles. The molecule has 21 nitrogen and oxygen atoms in total. The lowest BCUT2D eigenvalue weighted by Crippen LogP contribution is -2.39. The van der Waals surface area contributed by atoms with Gasteiger partial charge in [-0.1, -0.05) is 148 Å². The van der Waals surface area contributed by atoms with Gasteiger partial charge in [0.05, 0.1) is 39.3 Å². The Bertz CT molecular complexity index is 5340. The molecule has 131 heavy (non-hydrogen) atoms. The van der Waals surface area contributed by atoms with Gasteiger partial charge in [0.1, 0.15) is 79.6 Å². The molecule has 2 aliphatic carbocycles. The van der Waals surface area contributed by atoms with Gasteiger partial charge >= 0.3 is 0 Å². The standard InChI is InChI=1S/C33H36N4O3.C27H37NO4.C26H35NO3.C24H29N3O2/c38-30(23-35-20-16-26-5-1-2-6-29(26)22-35)24-40-31-13-11-27(12-14-31)32-15-17-34-37(32)21-25-7-9-28(10-8-25)33(39)36-18-3-4-19-36;1-30-26-15-22-12-13-28(17-23(22)16-27(26)31-2)18-24(29)19-32-25-9-5-8-21(14-25)11-10-20-6-3-4-7-20;1-29-26-11-5-9-22-14-15-27(18-25(22)26)17-23(28)19-30-24-10-4-8-21(16-24)13-12-20-6-2-3-7-20;1-18(2)27-14-12-24(25-27)20-7-9-23(10-8-20)29-17-22(28)16-26-13-11-19-5-3-4-6-21(19)15-26/h1-2,5-15,17,30,38H,3-4,16,18-24H2;5,8-9,14-16,20,24,29H,3-4,6-7,10-13,17-19H2,1-2H3;4-5,8-11,16,20,23,28H,2-3,6-7,12-15,17-19H2,1H3;3-10,12,14,18,22,28H,11,13,15-17H2,1-2H3. The Morgan fingerprint density at radius 3 is 1.34 bits per heavy atom. The number of ether oxygens (including phenoxy) is 7. The number of carbonyl (C=O) groups is 1. The molecular formula is C110H137N9O12. The Hall–Kier alpha value is -10.9. The molecule has 0 radical (unpaired) electrons. The molecule has 694 valence electrons. The summed E-state index contributed by atoms with van der Waals surface area (Å²) >= 11 is 0. The average Bonchev–Trinajstić information content (AvgIpc) is 1.60. The Balaban J connectivity index is 0.000000135. The van der Waals surface area contributed by atoms with Crippen molar-refractivity contribution in [2.45, 2.75) is 193 Å². The van der Waals surface area contributed by atoms with Crippen LogP contribution >= 0.6 is 0 Å². The van der Waals surface area contributed by atoms with Gasteiger partial charge in [-0.2, -0.15) is 10.2 Å². The maximum Gasteiger partial charge on any atom is 0.253 e. The normalized spacial score (nSPS) is 16.8. The molecule has 4 atom stereocenters. The van der Waals surface area contributed by atoms with E-state index in [9.17, 15) is 25.2 Å². The summed E-state index contributed by atoms with van der Waals surface area (Å²) in [5, 5.41) is 51.3. The first-order chi connectivity index (χ1) is 64.0. The zero-order chi connectivity index (χ0) is 90.6. The zero-order valence-corrected chi connectivity index (χ0v) is 77.6. The van der Waals surface area contributed by atoms with Crippen molar-refractivity contribution < 1.29 is 58.4 Å². The number of aliphatic hydroxyl groups is 4. The average molecular weight is 1780 g/mol. The largest absolute Gasteiger partial charge is 0.496 e. The minimum atomic E-state index is -0.552. The van der Waals surface area contributed by atoms with E-state index in [1.54, 1.807) is 27.5 Å². The summed E-state index contributed by atoms with van der Waals surface area (Å²) in [5.74, 6) is 7.62. The molecule has 7 heterocycles. The van der Waals surface area contributed by atoms with Crippen molar-refractivity contribution in [3.63, 3.8) is 0 Å². The van der Waals surface area contributed by atoms with Crippen LogP contribution in [0.5, 0.6) is 40.2 Å². The molecule has 5 aliphatic heterocycles. The minimum Gasteiger partial charge on any atom is -0.496 e. The summed E-state index contributed by atoms with van der Waals surface area (Å²) in [4.78, 5) is 23.7. The van der Waals surface area contributed by atoms with E-state index in [0.717, 1.165) is 203 Å². The Morgan fingerprint density at radius 1 is 0.405 bits per heavy atom. The van der Waals surface area contributed by atoms with Crippen molar-refractivity contribution in [1.82, 2.24) is 44.1 Å². The summed E-state index contributed by atoms with van der Waals surface area (Å²) < 4.78 is 43.9. The van der Waals surface area contributed by atoms with E-state index in [4.69, 9.17) is 33.2 Å². The summed E-state index contributed by atoms with van der Waals surface area (Å²) in [6, 6.07) is 72.3. The van der Waals surface area contributed by atoms with Gasteiger partial charge in [0.15, 0.2) is 11.5 Å². The number of rotatable bonds is 35. The van der Waals surface area contributed by atoms with E-state index in [1.165, 1.54) is 120 Å². The SMILES string of the molecule is CC(C)n1ccc(-c2ccc(OCC(O)CN3CCc4ccccc4C3)cc2)n1.COc1cc2c(cc1OC)CN(CC(O)COc1cccc(CCC3CCCC3)c1)CC2.COc1cccc2c1CN(CC(O)COc1cccc(CCC3CCCC3)c1)CC2.O=C(c1ccc(Cn2nccc2-c2ccc(OCC(O)CN3CCc4ccccc4C3)cc2)cc1)N1CCCC1. The van der Waals surface area contributed by atoms with Crippen LogP contribution in [0.2, 0.25) is 0 Å². The first-order valence-electron chi connectivity index (χ1n) is 48.0. The number of amides is 1. The fourth-order valence-corrected chi connectivity index (χ4v) is 19.5. The second-order valence-corrected chi connectivity index (χ2v) is 37.0. The molecule has 9 aromatic carbocycles. The molecule has 3 fully saturated rings. The molecular weight excluding hydrogens is 1640 g/mol. The smallest absolute Gasteiger partial charge is 0.253 e. The first-order valence-corrected chi connectivity index (χ1v) is 48.0. The van der Waals surface area contributed by atoms with Gasteiger partial charge in [-0.3, -0.25) is 33.8 Å². The van der Waals surface area contributed by atoms with Crippen LogP contribution in [0.4, 0.5) is 0 Å². The maximum absolute atomic E-state index is 12.6. The molecule has 1 amide bonds. The van der Waals surface area contributed by atoms with Gasteiger partial charge in [0.2, 0.25) is 0 Å². The maximum atomic E-state index is 12.6. The molecule has 2 saturated carbocycles. The van der Waals surface area contributed by atoms with Crippen LogP contribution in [-0.4, -0.2) is 208 Å². The van der Waals surface area contributed by atoms with Crippen molar-refractivity contribution in [1.29, 1.82) is 0 Å². The number of carbonyl (C=O) groups excluding carboxylic acids is 1. The van der Waals surface area contributed by atoms with Gasteiger partial charge in [0, 0.05) is 132 Å². The fraction of sp³-hybridized carbons (Fsp3) is 0.445. The van der Waals surface area contributed by atoms with E-state index in [2.05, 4.69) is 153 Å². The van der Waals surface area contributed by atoms with Crippen LogP contribution in [0, 0.1) is 11.8 Å². The predicted molar refractivity (Wildman–Crippen MR) is 517 cm³/mol. The van der Waals surface area contributed by atoms with Crippen LogP contribution in [-0.2, 0) is 71.2 Å². The van der Waals surface area contributed by atoms with Gasteiger partial charge in [-0.05, 0) is 261 Å². The van der Waals surface area contributed by atoms with Gasteiger partial charge < -0.3 is 58.5 Å². The molecule has 4 unspecified atom stereocenters. The van der Waals surface area contributed by atoms with Gasteiger partial charge in [-0.15, -0.1) is 0 Å². The fourth-order valence-electron chi connectivity index (χ4n) is 19.5. The van der Waals surface area contributed by atoms with E-state index in [-0.39, 0.29) is 12.5 Å². The number of aliphatic hydroxyl groups excluding tert-OH is 4. The van der Waals surface area contributed by atoms with Crippen LogP contribution in [0.25, 0.3) is 22.5 Å². The van der Waals surface area contributed by atoms with E-state index in [0.29, 0.717) is 58.6 Å². The Labute approximate surface area is 775 Å². The Kier molecular flexibility index (Phi) is 34.7. The van der Waals surface area contributed by atoms with Crippen molar-refractivity contribution in [2.24, 2.45) is 11.8 Å². The number of likely N-dealkylation sites (tertiary alicyclic amines) is 1. The van der Waals surface area contributed by atoms with Crippen LogP contribution in [0.15, 0.2) is 225 Å². The number of aromatic nitrogens is 4. The highest BCUT2D eigenvalue weighted by Crippen LogP contribution is 2.37. The zero-order valence-electron chi connectivity index (χ0n) is 77.6. The third kappa shape index (κ3) is 27.7. The molecule has 21 heteroatoms. The molecule has 0 bridgehead atoms. The van der Waals surface area contributed by atoms with Crippen molar-refractivity contribution >= 4 is 5.91 Å². The van der Waals surface area contributed by atoms with Crippen LogP contribution in [0.3, 0.4) is 0 Å². The van der Waals surface area contributed by atoms with E-state index >= 15 is 0 Å². The van der Waals surface area contributed by atoms with Crippen molar-refractivity contribution in [3.05, 3.63) is 291 Å². The molecule has 2 aromatic heterocycles. The quantitative estimate of drug-likeness (QED) is 0.0291. The topological polar surface area (TPSA) is 214 Å². The minimum absolute atomic E-state index is 0.121. The summed E-state index contributed by atoms with van der Waals surface area (Å²) in [5.41, 5.74) is 19.2. The molecule has 4 N–H and O–H groups in total. The number of benzene rings is 9. The first kappa shape index (κ1) is 94.8. The third-order valence-corrected chi connectivity index (χ3v) is 26.9. The van der Waals surface area contributed by atoms with Gasteiger partial charge in [0.25, 0.3) is 5.91 Å². The number of hydrogen-bond donors (Lipinski definition) is 4. The number of nitrogens with zero attached hydrogens (tertiary/aromatic N) is 9. The summed E-state index contributed by atoms with van der Waals surface area (Å²) in [7, 11) is 5.05. The highest BCUT2D eigenvalue weighted by Gasteiger charge is 2.28.